The van der Waals surface area contributed by atoms with Crippen molar-refractivity contribution in [2.45, 2.75) is 19.0 Å². The van der Waals surface area contributed by atoms with Crippen molar-refractivity contribution < 1.29 is 9.59 Å². The summed E-state index contributed by atoms with van der Waals surface area (Å²) in [7, 11) is 0. The van der Waals surface area contributed by atoms with Crippen molar-refractivity contribution in [1.82, 2.24) is 15.1 Å². The lowest BCUT2D eigenvalue weighted by atomic mass is 10.1. The molecule has 2 heterocycles. The van der Waals surface area contributed by atoms with Crippen molar-refractivity contribution in [2.75, 3.05) is 31.3 Å². The fourth-order valence-electron chi connectivity index (χ4n) is 2.95. The van der Waals surface area contributed by atoms with Crippen LogP contribution in [0.3, 0.4) is 0 Å². The number of nitrogens with one attached hydrogen (secondary N) is 1. The van der Waals surface area contributed by atoms with Gasteiger partial charge in [0, 0.05) is 42.0 Å². The van der Waals surface area contributed by atoms with Crippen molar-refractivity contribution in [2.24, 2.45) is 0 Å². The Hall–Kier alpha value is -0.950. The topological polar surface area (TPSA) is 52.7 Å². The van der Waals surface area contributed by atoms with Gasteiger partial charge in [-0.2, -0.15) is 0 Å². The molecule has 132 valence electrons. The van der Waals surface area contributed by atoms with E-state index in [1.54, 1.807) is 40.9 Å². The zero-order valence-corrected chi connectivity index (χ0v) is 15.8. The molecule has 24 heavy (non-hydrogen) atoms. The first kappa shape index (κ1) is 19.4. The van der Waals surface area contributed by atoms with Crippen LogP contribution in [0.15, 0.2) is 24.3 Å². The molecule has 1 aromatic carbocycles. The highest BCUT2D eigenvalue weighted by Crippen LogP contribution is 2.25. The molecule has 0 spiro atoms. The Bertz CT molecular complexity index is 599. The number of hydrogen-bond donors (Lipinski definition) is 1. The molecule has 0 saturated carbocycles. The highest BCUT2D eigenvalue weighted by atomic mass is 35.5. The first-order valence-corrected chi connectivity index (χ1v) is 9.26. The van der Waals surface area contributed by atoms with E-state index in [1.807, 2.05) is 4.90 Å². The van der Waals surface area contributed by atoms with Gasteiger partial charge >= 0.3 is 0 Å². The molecule has 0 aromatic heterocycles. The summed E-state index contributed by atoms with van der Waals surface area (Å²) in [5, 5.41) is 3.93. The van der Waals surface area contributed by atoms with E-state index >= 15 is 0 Å². The molecule has 0 bridgehead atoms. The molecule has 0 aliphatic carbocycles. The summed E-state index contributed by atoms with van der Waals surface area (Å²) in [6, 6.07) is 6.75. The molecule has 2 saturated heterocycles. The molecule has 2 unspecified atom stereocenters. The second-order valence-corrected chi connectivity index (χ2v) is 7.37. The Morgan fingerprint density at radius 2 is 2.00 bits per heavy atom. The number of amides is 2. The SMILES string of the molecule is CC1CN(C(=O)C2CSCN2C(=O)c2ccc(Cl)cc2)CCN1.Cl. The first-order chi connectivity index (χ1) is 11.1. The minimum absolute atomic E-state index is 0. The van der Waals surface area contributed by atoms with Crippen molar-refractivity contribution in [1.29, 1.82) is 0 Å². The number of rotatable bonds is 2. The average molecular weight is 390 g/mol. The number of hydrogen-bond acceptors (Lipinski definition) is 4. The molecule has 1 aromatic rings. The maximum Gasteiger partial charge on any atom is 0.255 e. The van der Waals surface area contributed by atoms with E-state index in [4.69, 9.17) is 11.6 Å². The van der Waals surface area contributed by atoms with Crippen LogP contribution in [0.4, 0.5) is 0 Å². The lowest BCUT2D eigenvalue weighted by Gasteiger charge is -2.35. The second kappa shape index (κ2) is 8.43. The van der Waals surface area contributed by atoms with E-state index in [2.05, 4.69) is 12.2 Å². The number of benzene rings is 1. The number of carbonyl (C=O) groups excluding carboxylic acids is 2. The van der Waals surface area contributed by atoms with Crippen LogP contribution in [0.5, 0.6) is 0 Å². The van der Waals surface area contributed by atoms with Gasteiger partial charge in [0.05, 0.1) is 5.88 Å². The van der Waals surface area contributed by atoms with E-state index in [0.717, 1.165) is 6.54 Å². The Balaban J connectivity index is 0.00000208. The van der Waals surface area contributed by atoms with Gasteiger partial charge in [-0.15, -0.1) is 24.2 Å². The predicted molar refractivity (Wildman–Crippen MR) is 100 cm³/mol. The third-order valence-corrected chi connectivity index (χ3v) is 5.46. The summed E-state index contributed by atoms with van der Waals surface area (Å²) < 4.78 is 0. The highest BCUT2D eigenvalue weighted by Gasteiger charge is 2.38. The third kappa shape index (κ3) is 4.17. The minimum atomic E-state index is -0.367. The van der Waals surface area contributed by atoms with Crippen LogP contribution >= 0.6 is 35.8 Å². The Kier molecular flexibility index (Phi) is 6.80. The summed E-state index contributed by atoms with van der Waals surface area (Å²) in [5.74, 6) is 1.18. The second-order valence-electron chi connectivity index (χ2n) is 5.94. The molecule has 2 atom stereocenters. The van der Waals surface area contributed by atoms with Crippen molar-refractivity contribution in [3.05, 3.63) is 34.9 Å². The highest BCUT2D eigenvalue weighted by molar-refractivity contribution is 7.99. The summed E-state index contributed by atoms with van der Waals surface area (Å²) >= 11 is 7.50. The average Bonchev–Trinajstić information content (AvgIpc) is 3.03. The Morgan fingerprint density at radius 3 is 2.67 bits per heavy atom. The van der Waals surface area contributed by atoms with Crippen LogP contribution in [0.1, 0.15) is 17.3 Å². The maximum absolute atomic E-state index is 12.8. The van der Waals surface area contributed by atoms with E-state index in [1.165, 1.54) is 0 Å². The number of nitrogens with zero attached hydrogens (tertiary/aromatic N) is 2. The third-order valence-electron chi connectivity index (χ3n) is 4.20. The van der Waals surface area contributed by atoms with E-state index in [9.17, 15) is 9.59 Å². The van der Waals surface area contributed by atoms with Crippen LogP contribution in [0.25, 0.3) is 0 Å². The number of thioether (sulfide) groups is 1. The molecule has 0 radical (unpaired) electrons. The van der Waals surface area contributed by atoms with Gasteiger partial charge in [-0.05, 0) is 31.2 Å². The number of piperazine rings is 1. The summed E-state index contributed by atoms with van der Waals surface area (Å²) in [4.78, 5) is 29.1. The Labute approximate surface area is 157 Å². The molecule has 2 amide bonds. The van der Waals surface area contributed by atoms with Gasteiger partial charge in [0.1, 0.15) is 6.04 Å². The smallest absolute Gasteiger partial charge is 0.255 e. The fourth-order valence-corrected chi connectivity index (χ4v) is 4.22. The lowest BCUT2D eigenvalue weighted by molar-refractivity contribution is -0.136. The van der Waals surface area contributed by atoms with E-state index in [-0.39, 0.29) is 30.3 Å². The van der Waals surface area contributed by atoms with Gasteiger partial charge in [0.15, 0.2) is 0 Å². The lowest BCUT2D eigenvalue weighted by Crippen LogP contribution is -2.56. The van der Waals surface area contributed by atoms with Crippen LogP contribution in [-0.2, 0) is 4.79 Å². The summed E-state index contributed by atoms with van der Waals surface area (Å²) in [6.07, 6.45) is 0. The van der Waals surface area contributed by atoms with Gasteiger partial charge in [0.2, 0.25) is 5.91 Å². The van der Waals surface area contributed by atoms with Crippen LogP contribution < -0.4 is 5.32 Å². The quantitative estimate of drug-likeness (QED) is 0.841. The van der Waals surface area contributed by atoms with E-state index < -0.39 is 0 Å². The first-order valence-electron chi connectivity index (χ1n) is 7.72. The molecule has 2 aliphatic rings. The molecule has 2 fully saturated rings. The zero-order valence-electron chi connectivity index (χ0n) is 13.4. The van der Waals surface area contributed by atoms with Gasteiger partial charge in [-0.3, -0.25) is 9.59 Å². The molecular formula is C16H21Cl2N3O2S. The van der Waals surface area contributed by atoms with Gasteiger partial charge in [-0.1, -0.05) is 11.6 Å². The standard InChI is InChI=1S/C16H20ClN3O2S.ClH/c1-11-8-19(7-6-18-11)16(22)14-9-23-10-20(14)15(21)12-2-4-13(17)5-3-12;/h2-5,11,14,18H,6-10H2,1H3;1H. The van der Waals surface area contributed by atoms with Gasteiger partial charge < -0.3 is 15.1 Å². The van der Waals surface area contributed by atoms with Gasteiger partial charge in [0.25, 0.3) is 5.91 Å². The van der Waals surface area contributed by atoms with E-state index in [0.29, 0.717) is 41.3 Å². The maximum atomic E-state index is 12.8. The number of halogens is 2. The zero-order chi connectivity index (χ0) is 16.4. The summed E-state index contributed by atoms with van der Waals surface area (Å²) in [5.41, 5.74) is 0.573. The molecule has 2 aliphatic heterocycles. The normalized spacial score (nSPS) is 23.8. The monoisotopic (exact) mass is 389 g/mol. The molecule has 1 N–H and O–H groups in total. The van der Waals surface area contributed by atoms with Crippen molar-refractivity contribution in [3.8, 4) is 0 Å². The Morgan fingerprint density at radius 1 is 1.29 bits per heavy atom. The summed E-state index contributed by atoms with van der Waals surface area (Å²) in [6.45, 7) is 4.27. The van der Waals surface area contributed by atoms with Crippen LogP contribution in [-0.4, -0.2) is 65.0 Å². The minimum Gasteiger partial charge on any atom is -0.338 e. The van der Waals surface area contributed by atoms with Crippen LogP contribution in [0.2, 0.25) is 5.02 Å². The molecular weight excluding hydrogens is 369 g/mol. The fraction of sp³-hybridized carbons (Fsp3) is 0.500. The van der Waals surface area contributed by atoms with Gasteiger partial charge in [-0.25, -0.2) is 0 Å². The van der Waals surface area contributed by atoms with Crippen molar-refractivity contribution >= 4 is 47.6 Å². The number of carbonyl (C=O) groups is 2. The molecule has 5 nitrogen and oxygen atoms in total. The molecule has 8 heteroatoms. The van der Waals surface area contributed by atoms with Crippen LogP contribution in [0, 0.1) is 0 Å². The molecule has 3 rings (SSSR count). The largest absolute Gasteiger partial charge is 0.338 e. The van der Waals surface area contributed by atoms with Crippen molar-refractivity contribution in [3.63, 3.8) is 0 Å². The predicted octanol–water partition coefficient (Wildman–Crippen LogP) is 2.10.